The summed E-state index contributed by atoms with van der Waals surface area (Å²) in [6.07, 6.45) is 2.94. The van der Waals surface area contributed by atoms with Crippen LogP contribution in [0.4, 0.5) is 0 Å². The Labute approximate surface area is 52.9 Å². The standard InChI is InChI=1S/C6H7NO2/c1-5-2-3-6(9)7(5)4-8/h2-3,8H,1,4H2. The molecule has 1 rings (SSSR count). The normalized spacial score (nSPS) is 17.7. The second-order valence-corrected chi connectivity index (χ2v) is 1.73. The first-order valence-corrected chi connectivity index (χ1v) is 2.55. The lowest BCUT2D eigenvalue weighted by Crippen LogP contribution is -2.24. The van der Waals surface area contributed by atoms with Gasteiger partial charge < -0.3 is 5.11 Å². The number of rotatable bonds is 1. The van der Waals surface area contributed by atoms with Crippen molar-refractivity contribution in [2.45, 2.75) is 0 Å². The molecule has 1 aliphatic heterocycles. The summed E-state index contributed by atoms with van der Waals surface area (Å²) in [7, 11) is 0. The Morgan fingerprint density at radius 1 is 1.67 bits per heavy atom. The average molecular weight is 125 g/mol. The van der Waals surface area contributed by atoms with E-state index in [2.05, 4.69) is 6.58 Å². The zero-order valence-corrected chi connectivity index (χ0v) is 4.87. The number of hydrogen-bond donors (Lipinski definition) is 1. The molecule has 1 aliphatic rings. The van der Waals surface area contributed by atoms with Crippen LogP contribution in [0.2, 0.25) is 0 Å². The fourth-order valence-corrected chi connectivity index (χ4v) is 0.649. The van der Waals surface area contributed by atoms with Crippen molar-refractivity contribution in [1.82, 2.24) is 4.90 Å². The maximum atomic E-state index is 10.6. The Bertz CT molecular complexity index is 165. The van der Waals surface area contributed by atoms with Crippen LogP contribution in [-0.2, 0) is 4.79 Å². The van der Waals surface area contributed by atoms with Crippen molar-refractivity contribution < 1.29 is 9.90 Å². The first-order valence-electron chi connectivity index (χ1n) is 2.55. The van der Waals surface area contributed by atoms with E-state index in [4.69, 9.17) is 5.11 Å². The van der Waals surface area contributed by atoms with Gasteiger partial charge in [-0.15, -0.1) is 0 Å². The Morgan fingerprint density at radius 2 is 2.33 bits per heavy atom. The van der Waals surface area contributed by atoms with Crippen LogP contribution in [0.3, 0.4) is 0 Å². The van der Waals surface area contributed by atoms with Gasteiger partial charge in [-0.3, -0.25) is 9.69 Å². The lowest BCUT2D eigenvalue weighted by molar-refractivity contribution is -0.125. The van der Waals surface area contributed by atoms with E-state index in [-0.39, 0.29) is 12.6 Å². The van der Waals surface area contributed by atoms with Crippen LogP contribution in [-0.4, -0.2) is 22.6 Å². The van der Waals surface area contributed by atoms with Gasteiger partial charge in [-0.1, -0.05) is 6.58 Å². The summed E-state index contributed by atoms with van der Waals surface area (Å²) < 4.78 is 0. The summed E-state index contributed by atoms with van der Waals surface area (Å²) in [4.78, 5) is 11.8. The third-order valence-corrected chi connectivity index (χ3v) is 1.17. The monoisotopic (exact) mass is 125 g/mol. The third kappa shape index (κ3) is 0.861. The van der Waals surface area contributed by atoms with Crippen LogP contribution in [0.5, 0.6) is 0 Å². The predicted molar refractivity (Wildman–Crippen MR) is 32.2 cm³/mol. The summed E-state index contributed by atoms with van der Waals surface area (Å²) in [5.41, 5.74) is 0.544. The van der Waals surface area contributed by atoms with Crippen molar-refractivity contribution >= 4 is 5.91 Å². The van der Waals surface area contributed by atoms with Crippen molar-refractivity contribution in [3.8, 4) is 0 Å². The molecule has 0 aliphatic carbocycles. The summed E-state index contributed by atoms with van der Waals surface area (Å²) in [5.74, 6) is -0.206. The third-order valence-electron chi connectivity index (χ3n) is 1.17. The summed E-state index contributed by atoms with van der Waals surface area (Å²) >= 11 is 0. The van der Waals surface area contributed by atoms with Crippen molar-refractivity contribution in [3.05, 3.63) is 24.4 Å². The molecule has 0 fully saturated rings. The van der Waals surface area contributed by atoms with E-state index in [9.17, 15) is 4.79 Å². The van der Waals surface area contributed by atoms with Crippen LogP contribution in [0.15, 0.2) is 24.4 Å². The number of allylic oxidation sites excluding steroid dienone is 1. The van der Waals surface area contributed by atoms with Crippen LogP contribution >= 0.6 is 0 Å². The molecule has 0 saturated carbocycles. The molecule has 1 N–H and O–H groups in total. The van der Waals surface area contributed by atoms with E-state index >= 15 is 0 Å². The minimum Gasteiger partial charge on any atom is -0.376 e. The fourth-order valence-electron chi connectivity index (χ4n) is 0.649. The molecule has 3 nitrogen and oxygen atoms in total. The topological polar surface area (TPSA) is 40.5 Å². The van der Waals surface area contributed by atoms with Gasteiger partial charge in [0.15, 0.2) is 0 Å². The Balaban J connectivity index is 2.75. The number of amides is 1. The Morgan fingerprint density at radius 3 is 2.56 bits per heavy atom. The second-order valence-electron chi connectivity index (χ2n) is 1.73. The van der Waals surface area contributed by atoms with Crippen LogP contribution in [0.1, 0.15) is 0 Å². The van der Waals surface area contributed by atoms with Crippen molar-refractivity contribution in [2.75, 3.05) is 6.73 Å². The summed E-state index contributed by atoms with van der Waals surface area (Å²) in [5, 5.41) is 8.51. The van der Waals surface area contributed by atoms with Gasteiger partial charge in [0.05, 0.1) is 0 Å². The largest absolute Gasteiger partial charge is 0.376 e. The SMILES string of the molecule is C=C1C=CC(=O)N1CO. The van der Waals surface area contributed by atoms with Gasteiger partial charge in [0.2, 0.25) is 0 Å². The molecule has 0 atom stereocenters. The van der Waals surface area contributed by atoms with Gasteiger partial charge in [0.25, 0.3) is 5.91 Å². The van der Waals surface area contributed by atoms with Gasteiger partial charge >= 0.3 is 0 Å². The van der Waals surface area contributed by atoms with Gasteiger partial charge in [0, 0.05) is 11.8 Å². The number of nitrogens with zero attached hydrogens (tertiary/aromatic N) is 1. The molecule has 0 spiro atoms. The molecule has 1 amide bonds. The zero-order valence-electron chi connectivity index (χ0n) is 4.87. The first-order chi connectivity index (χ1) is 4.25. The van der Waals surface area contributed by atoms with Crippen LogP contribution in [0, 0.1) is 0 Å². The smallest absolute Gasteiger partial charge is 0.252 e. The molecule has 0 radical (unpaired) electrons. The zero-order chi connectivity index (χ0) is 6.85. The molecule has 9 heavy (non-hydrogen) atoms. The van der Waals surface area contributed by atoms with E-state index in [1.54, 1.807) is 6.08 Å². The highest BCUT2D eigenvalue weighted by molar-refractivity contribution is 5.92. The molecule has 48 valence electrons. The van der Waals surface area contributed by atoms with Gasteiger partial charge in [-0.05, 0) is 6.08 Å². The molecular weight excluding hydrogens is 118 g/mol. The molecule has 3 heteroatoms. The second kappa shape index (κ2) is 2.03. The molecule has 0 bridgehead atoms. The quantitative estimate of drug-likeness (QED) is 0.529. The predicted octanol–water partition coefficient (Wildman–Crippen LogP) is -0.152. The Hall–Kier alpha value is -1.09. The van der Waals surface area contributed by atoms with Crippen LogP contribution < -0.4 is 0 Å². The van der Waals surface area contributed by atoms with Gasteiger partial charge in [0.1, 0.15) is 6.73 Å². The van der Waals surface area contributed by atoms with E-state index < -0.39 is 0 Å². The van der Waals surface area contributed by atoms with Gasteiger partial charge in [-0.25, -0.2) is 0 Å². The molecule has 0 aromatic carbocycles. The maximum absolute atomic E-state index is 10.6. The van der Waals surface area contributed by atoms with Crippen LogP contribution in [0.25, 0.3) is 0 Å². The summed E-state index contributed by atoms with van der Waals surface area (Å²) in [6.45, 7) is 3.23. The van der Waals surface area contributed by atoms with Crippen molar-refractivity contribution in [2.24, 2.45) is 0 Å². The average Bonchev–Trinajstić information content (AvgIpc) is 2.12. The highest BCUT2D eigenvalue weighted by atomic mass is 16.3. The van der Waals surface area contributed by atoms with E-state index in [0.717, 1.165) is 0 Å². The summed E-state index contributed by atoms with van der Waals surface area (Å²) in [6, 6.07) is 0. The number of aliphatic hydroxyl groups excluding tert-OH is 1. The first kappa shape index (κ1) is 6.04. The lowest BCUT2D eigenvalue weighted by Gasteiger charge is -2.11. The van der Waals surface area contributed by atoms with E-state index in [1.165, 1.54) is 11.0 Å². The van der Waals surface area contributed by atoms with E-state index in [0.29, 0.717) is 5.70 Å². The lowest BCUT2D eigenvalue weighted by atomic mass is 10.5. The molecule has 1 heterocycles. The highest BCUT2D eigenvalue weighted by Crippen LogP contribution is 2.10. The van der Waals surface area contributed by atoms with Crippen molar-refractivity contribution in [1.29, 1.82) is 0 Å². The molecule has 0 aromatic heterocycles. The molecule has 0 saturated heterocycles. The minimum absolute atomic E-state index is 0.206. The van der Waals surface area contributed by atoms with Crippen molar-refractivity contribution in [3.63, 3.8) is 0 Å². The highest BCUT2D eigenvalue weighted by Gasteiger charge is 2.16. The number of hydrogen-bond acceptors (Lipinski definition) is 2. The Kier molecular flexibility index (Phi) is 1.36. The number of carbonyl (C=O) groups excluding carboxylic acids is 1. The van der Waals surface area contributed by atoms with E-state index in [1.807, 2.05) is 0 Å². The molecular formula is C6H7NO2. The fraction of sp³-hybridized carbons (Fsp3) is 0.167. The number of carbonyl (C=O) groups is 1. The molecule has 0 unspecified atom stereocenters. The maximum Gasteiger partial charge on any atom is 0.252 e. The molecule has 0 aromatic rings. The van der Waals surface area contributed by atoms with Gasteiger partial charge in [-0.2, -0.15) is 0 Å². The minimum atomic E-state index is -0.287. The number of aliphatic hydroxyl groups is 1.